The number of hydrogen-bond donors (Lipinski definition) is 1. The van der Waals surface area contributed by atoms with E-state index in [0.717, 1.165) is 50.5 Å². The van der Waals surface area contributed by atoms with Gasteiger partial charge in [-0.25, -0.2) is 17.6 Å². The molecular weight excluding hydrogens is 483 g/mol. The van der Waals surface area contributed by atoms with E-state index in [1.54, 1.807) is 6.07 Å². The summed E-state index contributed by atoms with van der Waals surface area (Å²) in [5.41, 5.74) is 2.74. The monoisotopic (exact) mass is 512 g/mol. The summed E-state index contributed by atoms with van der Waals surface area (Å²) >= 11 is 0. The van der Waals surface area contributed by atoms with Gasteiger partial charge in [-0.2, -0.15) is 0 Å². The summed E-state index contributed by atoms with van der Waals surface area (Å²) in [6, 6.07) is 7.10. The summed E-state index contributed by atoms with van der Waals surface area (Å²) in [6.07, 6.45) is 5.59. The SMILES string of the molecule is COC(=O)c1c(NS(=O)(=O)c2ccc(F)cc2C/C=C2\CN3CCC2CC3)ccc2c1OC[C@@H]1C[C@H]21. The molecule has 1 saturated carbocycles. The molecule has 36 heavy (non-hydrogen) atoms. The summed E-state index contributed by atoms with van der Waals surface area (Å²) in [7, 11) is -2.88. The molecule has 2 aromatic rings. The molecule has 0 aromatic heterocycles. The van der Waals surface area contributed by atoms with Crippen LogP contribution in [-0.4, -0.2) is 52.6 Å². The van der Waals surface area contributed by atoms with Crippen LogP contribution in [0.5, 0.6) is 5.75 Å². The van der Waals surface area contributed by atoms with E-state index >= 15 is 0 Å². The summed E-state index contributed by atoms with van der Waals surface area (Å²) in [5, 5.41) is 0. The van der Waals surface area contributed by atoms with Gasteiger partial charge in [0.1, 0.15) is 17.1 Å². The molecule has 0 spiro atoms. The lowest BCUT2D eigenvalue weighted by molar-refractivity contribution is 0.0596. The summed E-state index contributed by atoms with van der Waals surface area (Å²) in [6.45, 7) is 3.58. The van der Waals surface area contributed by atoms with Gasteiger partial charge in [-0.3, -0.25) is 9.62 Å². The minimum Gasteiger partial charge on any atom is -0.492 e. The zero-order valence-electron chi connectivity index (χ0n) is 20.1. The van der Waals surface area contributed by atoms with Gasteiger partial charge >= 0.3 is 5.97 Å². The number of sulfonamides is 1. The van der Waals surface area contributed by atoms with Crippen molar-refractivity contribution in [3.05, 3.63) is 64.5 Å². The maximum atomic E-state index is 14.2. The highest BCUT2D eigenvalue weighted by atomic mass is 32.2. The Hall–Kier alpha value is -2.91. The number of fused-ring (bicyclic) bond motifs is 6. The van der Waals surface area contributed by atoms with Gasteiger partial charge < -0.3 is 9.47 Å². The summed E-state index contributed by atoms with van der Waals surface area (Å²) in [4.78, 5) is 15.1. The van der Waals surface area contributed by atoms with Crippen LogP contribution in [0, 0.1) is 17.7 Å². The smallest absolute Gasteiger partial charge is 0.343 e. The van der Waals surface area contributed by atoms with E-state index < -0.39 is 21.8 Å². The quantitative estimate of drug-likeness (QED) is 0.463. The number of anilines is 1. The first-order valence-electron chi connectivity index (χ1n) is 12.4. The highest BCUT2D eigenvalue weighted by Gasteiger charge is 2.45. The first kappa shape index (κ1) is 23.5. The zero-order valence-corrected chi connectivity index (χ0v) is 20.9. The molecule has 4 heterocycles. The van der Waals surface area contributed by atoms with Crippen LogP contribution in [0.15, 0.2) is 46.9 Å². The second kappa shape index (κ2) is 8.88. The van der Waals surface area contributed by atoms with Crippen LogP contribution in [0.2, 0.25) is 0 Å². The van der Waals surface area contributed by atoms with Crippen LogP contribution in [0.1, 0.15) is 46.7 Å². The molecule has 7 nitrogen and oxygen atoms in total. The Morgan fingerprint density at radius 1 is 1.25 bits per heavy atom. The number of esters is 1. The van der Waals surface area contributed by atoms with Crippen LogP contribution in [0.3, 0.4) is 0 Å². The molecule has 1 aliphatic carbocycles. The number of nitrogens with one attached hydrogen (secondary N) is 1. The Morgan fingerprint density at radius 3 is 2.78 bits per heavy atom. The van der Waals surface area contributed by atoms with Crippen molar-refractivity contribution in [2.24, 2.45) is 11.8 Å². The highest BCUT2D eigenvalue weighted by Crippen LogP contribution is 2.55. The fourth-order valence-corrected chi connectivity index (χ4v) is 7.23. The van der Waals surface area contributed by atoms with E-state index in [1.807, 2.05) is 6.07 Å². The van der Waals surface area contributed by atoms with Crippen LogP contribution in [0.25, 0.3) is 0 Å². The van der Waals surface area contributed by atoms with E-state index in [1.165, 1.54) is 24.8 Å². The number of halogens is 1. The minimum absolute atomic E-state index is 0.0151. The maximum absolute atomic E-state index is 14.2. The Morgan fingerprint density at radius 2 is 2.06 bits per heavy atom. The number of allylic oxidation sites excluding steroid dienone is 1. The molecule has 1 N–H and O–H groups in total. The van der Waals surface area contributed by atoms with E-state index in [9.17, 15) is 17.6 Å². The molecule has 3 saturated heterocycles. The molecular formula is C27H29FN2O5S. The zero-order chi connectivity index (χ0) is 25.0. The van der Waals surface area contributed by atoms with E-state index in [2.05, 4.69) is 15.7 Å². The summed E-state index contributed by atoms with van der Waals surface area (Å²) in [5.74, 6) is 0.504. The van der Waals surface area contributed by atoms with Crippen molar-refractivity contribution in [2.75, 3.05) is 38.1 Å². The van der Waals surface area contributed by atoms with E-state index in [0.29, 0.717) is 42.1 Å². The number of piperidine rings is 3. The average Bonchev–Trinajstić information content (AvgIpc) is 3.67. The Bertz CT molecular complexity index is 1360. The van der Waals surface area contributed by atoms with Gasteiger partial charge in [0.15, 0.2) is 0 Å². The van der Waals surface area contributed by atoms with Gasteiger partial charge in [0, 0.05) is 12.5 Å². The minimum atomic E-state index is -4.14. The number of rotatable bonds is 6. The molecule has 4 fully saturated rings. The molecule has 2 atom stereocenters. The van der Waals surface area contributed by atoms with Crippen LogP contribution >= 0.6 is 0 Å². The fraction of sp³-hybridized carbons (Fsp3) is 0.444. The van der Waals surface area contributed by atoms with Crippen LogP contribution in [0.4, 0.5) is 10.1 Å². The molecule has 5 aliphatic rings. The molecule has 2 bridgehead atoms. The number of carbonyl (C=O) groups excluding carboxylic acids is 1. The van der Waals surface area contributed by atoms with Crippen molar-refractivity contribution < 1.29 is 27.1 Å². The topological polar surface area (TPSA) is 84.9 Å². The number of nitrogens with zero attached hydrogens (tertiary/aromatic N) is 1. The van der Waals surface area contributed by atoms with E-state index in [-0.39, 0.29) is 16.1 Å². The molecule has 7 rings (SSSR count). The van der Waals surface area contributed by atoms with Crippen molar-refractivity contribution >= 4 is 21.7 Å². The van der Waals surface area contributed by atoms with Crippen LogP contribution in [-0.2, 0) is 21.2 Å². The third-order valence-corrected chi connectivity index (χ3v) is 9.47. The van der Waals surface area contributed by atoms with Crippen molar-refractivity contribution in [2.45, 2.75) is 36.5 Å². The van der Waals surface area contributed by atoms with Gasteiger partial charge in [-0.15, -0.1) is 0 Å². The van der Waals surface area contributed by atoms with E-state index in [4.69, 9.17) is 9.47 Å². The lowest BCUT2D eigenvalue weighted by atomic mass is 9.83. The summed E-state index contributed by atoms with van der Waals surface area (Å²) < 4.78 is 54.7. The molecule has 0 unspecified atom stereocenters. The number of ether oxygens (including phenoxy) is 2. The van der Waals surface area contributed by atoms with Gasteiger partial charge in [-0.1, -0.05) is 17.7 Å². The second-order valence-corrected chi connectivity index (χ2v) is 11.9. The normalized spacial score (nSPS) is 27.1. The molecule has 190 valence electrons. The molecule has 0 amide bonds. The number of hydrogen-bond acceptors (Lipinski definition) is 6. The average molecular weight is 513 g/mol. The largest absolute Gasteiger partial charge is 0.492 e. The maximum Gasteiger partial charge on any atom is 0.343 e. The predicted molar refractivity (Wildman–Crippen MR) is 132 cm³/mol. The Labute approximate surface area is 210 Å². The van der Waals surface area contributed by atoms with Crippen molar-refractivity contribution in [1.29, 1.82) is 0 Å². The Kier molecular flexibility index (Phi) is 5.80. The van der Waals surface area contributed by atoms with Crippen molar-refractivity contribution in [3.63, 3.8) is 0 Å². The number of carbonyl (C=O) groups is 1. The predicted octanol–water partition coefficient (Wildman–Crippen LogP) is 4.10. The third kappa shape index (κ3) is 4.18. The lowest BCUT2D eigenvalue weighted by Gasteiger charge is -2.41. The molecule has 4 aliphatic heterocycles. The standard InChI is InChI=1S/C27H29FN2O5S/c1-34-27(31)25-23(6-5-21-22-13-19(22)15-35-26(21)25)29-36(32,33)24-7-4-20(28)12-17(24)2-3-18-14-30-10-8-16(18)9-11-30/h3-7,12,16,19,22,29H,2,8-11,13-15H2,1H3/b18-3+/t19-,22-/m0/s1. The van der Waals surface area contributed by atoms with Gasteiger partial charge in [0.05, 0.1) is 24.3 Å². The second-order valence-electron chi connectivity index (χ2n) is 10.2. The fourth-order valence-electron chi connectivity index (χ4n) is 5.93. The third-order valence-electron chi connectivity index (χ3n) is 8.00. The Balaban J connectivity index is 1.33. The van der Waals surface area contributed by atoms with Crippen molar-refractivity contribution in [1.82, 2.24) is 4.90 Å². The first-order chi connectivity index (χ1) is 17.3. The molecule has 2 aromatic carbocycles. The first-order valence-corrected chi connectivity index (χ1v) is 13.9. The number of methoxy groups -OCH3 is 1. The van der Waals surface area contributed by atoms with Gasteiger partial charge in [0.25, 0.3) is 10.0 Å². The van der Waals surface area contributed by atoms with Crippen molar-refractivity contribution in [3.8, 4) is 5.75 Å². The highest BCUT2D eigenvalue weighted by molar-refractivity contribution is 7.92. The molecule has 0 radical (unpaired) electrons. The number of benzene rings is 2. The van der Waals surface area contributed by atoms with Crippen LogP contribution < -0.4 is 9.46 Å². The van der Waals surface area contributed by atoms with Gasteiger partial charge in [-0.05, 0) is 86.0 Å². The lowest BCUT2D eigenvalue weighted by Crippen LogP contribution is -2.43. The van der Waals surface area contributed by atoms with Gasteiger partial charge in [0.2, 0.25) is 0 Å². The molecule has 9 heteroatoms.